The molecule has 0 fully saturated rings. The lowest BCUT2D eigenvalue weighted by molar-refractivity contribution is 0.745. The molecule has 1 aliphatic heterocycles. The molecule has 8 rings (SSSR count). The van der Waals surface area contributed by atoms with Gasteiger partial charge in [-0.05, 0) is 106 Å². The topological polar surface area (TPSA) is 3.24 Å². The van der Waals surface area contributed by atoms with Gasteiger partial charge in [0.25, 0.3) is 0 Å². The van der Waals surface area contributed by atoms with Crippen molar-refractivity contribution < 1.29 is 0 Å². The predicted octanol–water partition coefficient (Wildman–Crippen LogP) is 9.16. The Labute approximate surface area is 218 Å². The molecule has 0 saturated carbocycles. The summed E-state index contributed by atoms with van der Waals surface area (Å²) in [7, 11) is 0. The Balaban J connectivity index is 1.29. The van der Waals surface area contributed by atoms with Gasteiger partial charge < -0.3 is 4.90 Å². The first-order valence-corrected chi connectivity index (χ1v) is 13.6. The molecular formula is C36H29N. The lowest BCUT2D eigenvalue weighted by atomic mass is 9.80. The summed E-state index contributed by atoms with van der Waals surface area (Å²) in [5.41, 5.74) is 12.7. The van der Waals surface area contributed by atoms with E-state index in [0.717, 1.165) is 12.8 Å². The van der Waals surface area contributed by atoms with Gasteiger partial charge in [0, 0.05) is 17.3 Å². The van der Waals surface area contributed by atoms with Crippen LogP contribution in [-0.4, -0.2) is 6.04 Å². The van der Waals surface area contributed by atoms with Crippen LogP contribution in [0.3, 0.4) is 0 Å². The minimum Gasteiger partial charge on any atom is -0.333 e. The standard InChI is InChI=1S/C36H29N/c1-2-10-26(11-3-1)37-35-17-9-8-16-32(35)34-23-25(19-21-36(34)37)24-18-20-31-29-14-5-4-12-27(29)28-13-6-7-15-30(28)33(31)22-24/h1-3,5,7-11,14-23,32,35H,4,6,12-13H2. The SMILES string of the molecule is C1=CC2c3cc(-c4ccc5c6c(c7c(c5c4)C=CCC7)CCC=C6)ccc3N(c3ccccc3)C2C=C1. The number of rotatable bonds is 2. The maximum Gasteiger partial charge on any atom is 0.0629 e. The number of benzene rings is 4. The molecule has 0 aromatic heterocycles. The fourth-order valence-corrected chi connectivity index (χ4v) is 7.05. The van der Waals surface area contributed by atoms with Crippen LogP contribution < -0.4 is 4.90 Å². The Morgan fingerprint density at radius 3 is 2.16 bits per heavy atom. The average Bonchev–Trinajstić information content (AvgIpc) is 3.31. The van der Waals surface area contributed by atoms with E-state index in [0.29, 0.717) is 12.0 Å². The number of allylic oxidation sites excluding steroid dienone is 4. The van der Waals surface area contributed by atoms with Gasteiger partial charge in [-0.1, -0.05) is 85.0 Å². The van der Waals surface area contributed by atoms with E-state index < -0.39 is 0 Å². The molecule has 4 aromatic rings. The molecule has 2 atom stereocenters. The van der Waals surface area contributed by atoms with E-state index in [9.17, 15) is 0 Å². The van der Waals surface area contributed by atoms with Gasteiger partial charge in [0.1, 0.15) is 0 Å². The number of fused-ring (bicyclic) bond motifs is 9. The average molecular weight is 476 g/mol. The third-order valence-corrected chi connectivity index (χ3v) is 8.72. The van der Waals surface area contributed by atoms with Gasteiger partial charge in [-0.2, -0.15) is 0 Å². The highest BCUT2D eigenvalue weighted by atomic mass is 15.2. The van der Waals surface area contributed by atoms with Crippen molar-refractivity contribution in [1.82, 2.24) is 0 Å². The molecule has 0 amide bonds. The van der Waals surface area contributed by atoms with Crippen molar-refractivity contribution in [3.8, 4) is 11.1 Å². The lowest BCUT2D eigenvalue weighted by Gasteiger charge is -2.28. The van der Waals surface area contributed by atoms with Crippen molar-refractivity contribution in [2.24, 2.45) is 0 Å². The van der Waals surface area contributed by atoms with E-state index in [4.69, 9.17) is 0 Å². The van der Waals surface area contributed by atoms with E-state index in [1.165, 1.54) is 62.8 Å². The highest BCUT2D eigenvalue weighted by molar-refractivity contribution is 6.02. The first kappa shape index (κ1) is 21.0. The van der Waals surface area contributed by atoms with Gasteiger partial charge in [0.15, 0.2) is 0 Å². The number of hydrogen-bond donors (Lipinski definition) is 0. The first-order valence-electron chi connectivity index (χ1n) is 13.6. The van der Waals surface area contributed by atoms with Crippen LogP contribution in [0.1, 0.15) is 46.6 Å². The van der Waals surface area contributed by atoms with Crippen molar-refractivity contribution in [3.63, 3.8) is 0 Å². The quantitative estimate of drug-likeness (QED) is 0.279. The molecule has 1 heteroatoms. The highest BCUT2D eigenvalue weighted by Crippen LogP contribution is 2.49. The second-order valence-electron chi connectivity index (χ2n) is 10.7. The summed E-state index contributed by atoms with van der Waals surface area (Å²) in [5.74, 6) is 0.369. The molecule has 1 heterocycles. The molecule has 37 heavy (non-hydrogen) atoms. The zero-order chi connectivity index (χ0) is 24.3. The van der Waals surface area contributed by atoms with Gasteiger partial charge in [-0.25, -0.2) is 0 Å². The van der Waals surface area contributed by atoms with Crippen LogP contribution in [0.5, 0.6) is 0 Å². The van der Waals surface area contributed by atoms with Crippen molar-refractivity contribution in [1.29, 1.82) is 0 Å². The zero-order valence-electron chi connectivity index (χ0n) is 20.9. The number of para-hydroxylation sites is 1. The number of anilines is 2. The van der Waals surface area contributed by atoms with Gasteiger partial charge in [0.2, 0.25) is 0 Å². The van der Waals surface area contributed by atoms with Crippen molar-refractivity contribution in [3.05, 3.63) is 131 Å². The maximum absolute atomic E-state index is 2.50. The Morgan fingerprint density at radius 1 is 0.649 bits per heavy atom. The molecule has 0 N–H and O–H groups in total. The van der Waals surface area contributed by atoms with Gasteiger partial charge in [0.05, 0.1) is 6.04 Å². The zero-order valence-corrected chi connectivity index (χ0v) is 20.9. The van der Waals surface area contributed by atoms with Crippen LogP contribution in [0, 0.1) is 0 Å². The van der Waals surface area contributed by atoms with Crippen LogP contribution in [0.15, 0.2) is 103 Å². The molecule has 1 nitrogen and oxygen atoms in total. The molecule has 178 valence electrons. The molecule has 0 spiro atoms. The van der Waals surface area contributed by atoms with Crippen LogP contribution in [0.4, 0.5) is 11.4 Å². The summed E-state index contributed by atoms with van der Waals surface area (Å²) in [6, 6.07) is 25.4. The van der Waals surface area contributed by atoms with E-state index in [-0.39, 0.29) is 0 Å². The minimum atomic E-state index is 0.324. The number of nitrogens with zero attached hydrogens (tertiary/aromatic N) is 1. The van der Waals surface area contributed by atoms with E-state index in [1.54, 1.807) is 11.1 Å². The summed E-state index contributed by atoms with van der Waals surface area (Å²) < 4.78 is 0. The summed E-state index contributed by atoms with van der Waals surface area (Å²) in [4.78, 5) is 2.50. The summed E-state index contributed by atoms with van der Waals surface area (Å²) in [6.07, 6.45) is 23.2. The molecule has 4 aliphatic rings. The van der Waals surface area contributed by atoms with Crippen LogP contribution in [0.2, 0.25) is 0 Å². The smallest absolute Gasteiger partial charge is 0.0629 e. The van der Waals surface area contributed by atoms with Crippen molar-refractivity contribution in [2.45, 2.75) is 37.6 Å². The van der Waals surface area contributed by atoms with E-state index in [2.05, 4.69) is 120 Å². The Hall–Kier alpha value is -4.10. The Kier molecular flexibility index (Phi) is 4.67. The van der Waals surface area contributed by atoms with E-state index >= 15 is 0 Å². The van der Waals surface area contributed by atoms with E-state index in [1.807, 2.05) is 0 Å². The molecule has 0 saturated heterocycles. The fraction of sp³-hybridized carbons (Fsp3) is 0.167. The maximum atomic E-state index is 2.50. The van der Waals surface area contributed by atoms with Crippen LogP contribution in [-0.2, 0) is 12.8 Å². The second kappa shape index (κ2) is 8.21. The third-order valence-electron chi connectivity index (χ3n) is 8.72. The monoisotopic (exact) mass is 475 g/mol. The van der Waals surface area contributed by atoms with Crippen LogP contribution in [0.25, 0.3) is 34.1 Å². The molecule has 2 unspecified atom stereocenters. The normalized spacial score (nSPS) is 20.6. The van der Waals surface area contributed by atoms with Crippen molar-refractivity contribution in [2.75, 3.05) is 4.90 Å². The third kappa shape index (κ3) is 3.17. The second-order valence-corrected chi connectivity index (χ2v) is 10.7. The van der Waals surface area contributed by atoms with Crippen molar-refractivity contribution >= 4 is 34.3 Å². The predicted molar refractivity (Wildman–Crippen MR) is 157 cm³/mol. The van der Waals surface area contributed by atoms with Crippen LogP contribution >= 0.6 is 0 Å². The molecule has 3 aliphatic carbocycles. The Morgan fingerprint density at radius 2 is 1.35 bits per heavy atom. The van der Waals surface area contributed by atoms with Gasteiger partial charge in [-0.3, -0.25) is 0 Å². The first-order chi connectivity index (χ1) is 18.4. The lowest BCUT2D eigenvalue weighted by Crippen LogP contribution is -2.28. The van der Waals surface area contributed by atoms with Gasteiger partial charge in [-0.15, -0.1) is 0 Å². The largest absolute Gasteiger partial charge is 0.333 e. The fourth-order valence-electron chi connectivity index (χ4n) is 7.05. The Bertz CT molecular complexity index is 1680. The number of hydrogen-bond acceptors (Lipinski definition) is 1. The minimum absolute atomic E-state index is 0.324. The summed E-state index contributed by atoms with van der Waals surface area (Å²) in [6.45, 7) is 0. The van der Waals surface area contributed by atoms with Gasteiger partial charge >= 0.3 is 0 Å². The highest BCUT2D eigenvalue weighted by Gasteiger charge is 2.37. The summed E-state index contributed by atoms with van der Waals surface area (Å²) >= 11 is 0. The molecule has 0 radical (unpaired) electrons. The summed E-state index contributed by atoms with van der Waals surface area (Å²) in [5, 5.41) is 2.80. The molecule has 4 aromatic carbocycles. The molecule has 0 bridgehead atoms. The molecular weight excluding hydrogens is 446 g/mol.